The van der Waals surface area contributed by atoms with Crippen molar-refractivity contribution in [2.75, 3.05) is 7.11 Å². The number of amides is 1. The standard InChI is InChI=1S/C13H15ClN2O2/c1-7-8(6-11(15)17)12-10(18-3)5-4-9(14)13(12)16(7)2/h4-5H,6H2,1-3H3,(H2,15,17). The highest BCUT2D eigenvalue weighted by molar-refractivity contribution is 6.35. The molecule has 1 amide bonds. The predicted molar refractivity (Wildman–Crippen MR) is 72.1 cm³/mol. The highest BCUT2D eigenvalue weighted by Crippen LogP contribution is 2.37. The molecule has 96 valence electrons. The molecule has 0 aliphatic rings. The fourth-order valence-corrected chi connectivity index (χ4v) is 2.56. The van der Waals surface area contributed by atoms with E-state index in [-0.39, 0.29) is 12.3 Å². The van der Waals surface area contributed by atoms with Crippen LogP contribution < -0.4 is 10.5 Å². The Morgan fingerprint density at radius 2 is 2.17 bits per heavy atom. The summed E-state index contributed by atoms with van der Waals surface area (Å²) in [5.74, 6) is 0.335. The lowest BCUT2D eigenvalue weighted by Crippen LogP contribution is -2.14. The van der Waals surface area contributed by atoms with Gasteiger partial charge in [0.25, 0.3) is 0 Å². The summed E-state index contributed by atoms with van der Waals surface area (Å²) >= 11 is 6.22. The second kappa shape index (κ2) is 4.53. The number of rotatable bonds is 3. The number of hydrogen-bond donors (Lipinski definition) is 1. The number of benzene rings is 1. The highest BCUT2D eigenvalue weighted by atomic mass is 35.5. The number of hydrogen-bond acceptors (Lipinski definition) is 2. The Balaban J connectivity index is 2.88. The van der Waals surface area contributed by atoms with Crippen molar-refractivity contribution >= 4 is 28.4 Å². The van der Waals surface area contributed by atoms with Crippen LogP contribution in [0.4, 0.5) is 0 Å². The van der Waals surface area contributed by atoms with Crippen molar-refractivity contribution in [3.8, 4) is 5.75 Å². The van der Waals surface area contributed by atoms with Crippen molar-refractivity contribution in [1.29, 1.82) is 0 Å². The molecule has 0 fully saturated rings. The zero-order chi connectivity index (χ0) is 13.4. The third kappa shape index (κ3) is 1.82. The molecule has 0 atom stereocenters. The Hall–Kier alpha value is -1.68. The van der Waals surface area contributed by atoms with Crippen LogP contribution in [0.3, 0.4) is 0 Å². The molecule has 0 aliphatic heterocycles. The number of carbonyl (C=O) groups is 1. The van der Waals surface area contributed by atoms with Crippen molar-refractivity contribution in [3.05, 3.63) is 28.4 Å². The molecule has 18 heavy (non-hydrogen) atoms. The number of halogens is 1. The summed E-state index contributed by atoms with van der Waals surface area (Å²) in [5, 5.41) is 1.50. The summed E-state index contributed by atoms with van der Waals surface area (Å²) in [6.07, 6.45) is 0.180. The van der Waals surface area contributed by atoms with Gasteiger partial charge in [-0.05, 0) is 24.6 Å². The van der Waals surface area contributed by atoms with Crippen LogP contribution >= 0.6 is 11.6 Å². The first-order valence-electron chi connectivity index (χ1n) is 5.56. The molecule has 1 aromatic heterocycles. The Bertz CT molecular complexity index is 632. The lowest BCUT2D eigenvalue weighted by molar-refractivity contribution is -0.117. The summed E-state index contributed by atoms with van der Waals surface area (Å²) in [4.78, 5) is 11.2. The van der Waals surface area contributed by atoms with Crippen molar-refractivity contribution < 1.29 is 9.53 Å². The van der Waals surface area contributed by atoms with Crippen molar-refractivity contribution in [2.24, 2.45) is 12.8 Å². The quantitative estimate of drug-likeness (QED) is 0.926. The highest BCUT2D eigenvalue weighted by Gasteiger charge is 2.19. The maximum atomic E-state index is 11.2. The molecular weight excluding hydrogens is 252 g/mol. The lowest BCUT2D eigenvalue weighted by atomic mass is 10.1. The molecule has 2 aromatic rings. The van der Waals surface area contributed by atoms with Crippen molar-refractivity contribution in [3.63, 3.8) is 0 Å². The van der Waals surface area contributed by atoms with Gasteiger partial charge in [-0.1, -0.05) is 11.6 Å². The molecule has 0 bridgehead atoms. The third-order valence-corrected chi connectivity index (χ3v) is 3.54. The van der Waals surface area contributed by atoms with Gasteiger partial charge in [0.1, 0.15) is 5.75 Å². The van der Waals surface area contributed by atoms with Gasteiger partial charge in [-0.25, -0.2) is 0 Å². The summed E-state index contributed by atoms with van der Waals surface area (Å²) in [5.41, 5.74) is 8.01. The van der Waals surface area contributed by atoms with Crippen LogP contribution in [0.25, 0.3) is 10.9 Å². The number of carbonyl (C=O) groups excluding carboxylic acids is 1. The fourth-order valence-electron chi connectivity index (χ4n) is 2.28. The molecule has 2 rings (SSSR count). The van der Waals surface area contributed by atoms with Crippen LogP contribution in [-0.4, -0.2) is 17.6 Å². The predicted octanol–water partition coefficient (Wildman–Crippen LogP) is 2.18. The SMILES string of the molecule is COc1ccc(Cl)c2c1c(CC(N)=O)c(C)n2C. The first-order valence-corrected chi connectivity index (χ1v) is 5.93. The number of aromatic nitrogens is 1. The normalized spacial score (nSPS) is 10.9. The van der Waals surface area contributed by atoms with Crippen LogP contribution in [0.2, 0.25) is 5.02 Å². The van der Waals surface area contributed by atoms with Gasteiger partial charge in [0.05, 0.1) is 24.1 Å². The Kier molecular flexibility index (Phi) is 3.22. The first-order chi connectivity index (χ1) is 8.47. The molecule has 1 heterocycles. The molecular formula is C13H15ClN2O2. The fraction of sp³-hybridized carbons (Fsp3) is 0.308. The number of aryl methyl sites for hydroxylation is 1. The van der Waals surface area contributed by atoms with E-state index in [1.165, 1.54) is 0 Å². The van der Waals surface area contributed by atoms with E-state index in [4.69, 9.17) is 22.1 Å². The van der Waals surface area contributed by atoms with Crippen LogP contribution in [0.15, 0.2) is 12.1 Å². The van der Waals surface area contributed by atoms with Gasteiger partial charge in [0, 0.05) is 18.1 Å². The maximum absolute atomic E-state index is 11.2. The van der Waals surface area contributed by atoms with E-state index < -0.39 is 0 Å². The molecule has 0 unspecified atom stereocenters. The number of nitrogens with two attached hydrogens (primary N) is 1. The minimum Gasteiger partial charge on any atom is -0.496 e. The number of methoxy groups -OCH3 is 1. The van der Waals surface area contributed by atoms with E-state index >= 15 is 0 Å². The molecule has 5 heteroatoms. The smallest absolute Gasteiger partial charge is 0.221 e. The van der Waals surface area contributed by atoms with Crippen molar-refractivity contribution in [1.82, 2.24) is 4.57 Å². The number of fused-ring (bicyclic) bond motifs is 1. The Morgan fingerprint density at radius 1 is 1.50 bits per heavy atom. The van der Waals surface area contributed by atoms with E-state index in [2.05, 4.69) is 0 Å². The number of primary amides is 1. The molecule has 0 spiro atoms. The monoisotopic (exact) mass is 266 g/mol. The van der Waals surface area contributed by atoms with Crippen LogP contribution in [0.1, 0.15) is 11.3 Å². The zero-order valence-electron chi connectivity index (χ0n) is 10.6. The molecule has 0 saturated carbocycles. The van der Waals surface area contributed by atoms with E-state index in [1.807, 2.05) is 18.5 Å². The van der Waals surface area contributed by atoms with Crippen LogP contribution in [0.5, 0.6) is 5.75 Å². The van der Waals surface area contributed by atoms with Crippen LogP contribution in [0, 0.1) is 6.92 Å². The average Bonchev–Trinajstić information content (AvgIpc) is 2.56. The minimum atomic E-state index is -0.368. The topological polar surface area (TPSA) is 57.2 Å². The molecule has 2 N–H and O–H groups in total. The molecule has 0 aliphatic carbocycles. The lowest BCUT2D eigenvalue weighted by Gasteiger charge is -2.05. The van der Waals surface area contributed by atoms with Gasteiger partial charge in [0.15, 0.2) is 0 Å². The number of ether oxygens (including phenoxy) is 1. The third-order valence-electron chi connectivity index (χ3n) is 3.24. The zero-order valence-corrected chi connectivity index (χ0v) is 11.3. The summed E-state index contributed by atoms with van der Waals surface area (Å²) in [7, 11) is 3.51. The Morgan fingerprint density at radius 3 is 2.72 bits per heavy atom. The Labute approximate surface area is 110 Å². The second-order valence-electron chi connectivity index (χ2n) is 4.24. The summed E-state index contributed by atoms with van der Waals surface area (Å²) in [6.45, 7) is 1.94. The van der Waals surface area contributed by atoms with Gasteiger partial charge in [-0.15, -0.1) is 0 Å². The van der Waals surface area contributed by atoms with Gasteiger partial charge in [-0.2, -0.15) is 0 Å². The summed E-state index contributed by atoms with van der Waals surface area (Å²) < 4.78 is 7.31. The maximum Gasteiger partial charge on any atom is 0.221 e. The van der Waals surface area contributed by atoms with Crippen LogP contribution in [-0.2, 0) is 18.3 Å². The van der Waals surface area contributed by atoms with Gasteiger partial charge >= 0.3 is 0 Å². The van der Waals surface area contributed by atoms with E-state index in [1.54, 1.807) is 19.2 Å². The molecule has 0 saturated heterocycles. The van der Waals surface area contributed by atoms with Crippen molar-refractivity contribution in [2.45, 2.75) is 13.3 Å². The van der Waals surface area contributed by atoms with Gasteiger partial charge < -0.3 is 15.0 Å². The van der Waals surface area contributed by atoms with E-state index in [0.717, 1.165) is 22.2 Å². The number of nitrogens with zero attached hydrogens (tertiary/aromatic N) is 1. The summed E-state index contributed by atoms with van der Waals surface area (Å²) in [6, 6.07) is 3.59. The molecule has 0 radical (unpaired) electrons. The second-order valence-corrected chi connectivity index (χ2v) is 4.65. The van der Waals surface area contributed by atoms with E-state index in [9.17, 15) is 4.79 Å². The average molecular weight is 267 g/mol. The van der Waals surface area contributed by atoms with E-state index in [0.29, 0.717) is 10.8 Å². The van der Waals surface area contributed by atoms with Gasteiger partial charge in [0.2, 0.25) is 5.91 Å². The minimum absolute atomic E-state index is 0.180. The molecule has 1 aromatic carbocycles. The molecule has 4 nitrogen and oxygen atoms in total. The largest absolute Gasteiger partial charge is 0.496 e. The van der Waals surface area contributed by atoms with Gasteiger partial charge in [-0.3, -0.25) is 4.79 Å². The first kappa shape index (κ1) is 12.8.